The maximum absolute atomic E-state index is 4.95. The van der Waals surface area contributed by atoms with Gasteiger partial charge in [0.15, 0.2) is 17.5 Å². The van der Waals surface area contributed by atoms with Gasteiger partial charge >= 0.3 is 0 Å². The Morgan fingerprint density at radius 1 is 0.362 bits per heavy atom. The Bertz CT molecular complexity index is 2600. The summed E-state index contributed by atoms with van der Waals surface area (Å²) < 4.78 is 2.18. The van der Waals surface area contributed by atoms with Gasteiger partial charge in [0.1, 0.15) is 0 Å². The van der Waals surface area contributed by atoms with Crippen LogP contribution in [0.3, 0.4) is 0 Å². The summed E-state index contributed by atoms with van der Waals surface area (Å²) >= 11 is 0. The summed E-state index contributed by atoms with van der Waals surface area (Å²) in [4.78, 5) is 24.5. The Morgan fingerprint density at radius 2 is 0.872 bits per heavy atom. The molecule has 0 fully saturated rings. The van der Waals surface area contributed by atoms with E-state index >= 15 is 0 Å². The third-order valence-corrected chi connectivity index (χ3v) is 9.10. The fraction of sp³-hybridized carbons (Fsp3) is 0. The zero-order chi connectivity index (χ0) is 30.9. The first-order valence-corrected chi connectivity index (χ1v) is 15.6. The lowest BCUT2D eigenvalue weighted by molar-refractivity contribution is 0.982. The topological polar surface area (TPSA) is 69.4 Å². The molecule has 6 nitrogen and oxygen atoms in total. The second kappa shape index (κ2) is 9.99. The van der Waals surface area contributed by atoms with E-state index < -0.39 is 0 Å². The predicted molar refractivity (Wildman–Crippen MR) is 188 cm³/mol. The van der Waals surface area contributed by atoms with Gasteiger partial charge in [-0.1, -0.05) is 121 Å². The molecule has 1 aliphatic rings. The first-order chi connectivity index (χ1) is 23.3. The maximum atomic E-state index is 4.95. The molecule has 3 aromatic heterocycles. The van der Waals surface area contributed by atoms with Crippen LogP contribution in [0.2, 0.25) is 0 Å². The Labute approximate surface area is 269 Å². The monoisotopic (exact) mass is 600 g/mol. The highest BCUT2D eigenvalue weighted by Crippen LogP contribution is 2.49. The normalized spacial score (nSPS) is 11.8. The minimum absolute atomic E-state index is 0.524. The van der Waals surface area contributed by atoms with Crippen molar-refractivity contribution in [1.29, 1.82) is 0 Å². The average Bonchev–Trinajstić information content (AvgIpc) is 3.43. The van der Waals surface area contributed by atoms with Crippen LogP contribution in [-0.4, -0.2) is 29.5 Å². The minimum atomic E-state index is 0.524. The van der Waals surface area contributed by atoms with Crippen molar-refractivity contribution in [1.82, 2.24) is 29.5 Å². The zero-order valence-corrected chi connectivity index (χ0v) is 25.0. The average molecular weight is 601 g/mol. The number of rotatable bonds is 4. The van der Waals surface area contributed by atoms with Crippen molar-refractivity contribution in [3.63, 3.8) is 0 Å². The number of hydrogen-bond donors (Lipinski definition) is 0. The Morgan fingerprint density at radius 3 is 1.51 bits per heavy atom. The number of nitrogens with zero attached hydrogens (tertiary/aromatic N) is 6. The smallest absolute Gasteiger partial charge is 0.234 e. The third kappa shape index (κ3) is 3.88. The van der Waals surface area contributed by atoms with Gasteiger partial charge < -0.3 is 0 Å². The lowest BCUT2D eigenvalue weighted by Crippen LogP contribution is -2.03. The molecular formula is C41H24N6. The number of hydrogen-bond acceptors (Lipinski definition) is 5. The highest BCUT2D eigenvalue weighted by atomic mass is 15.2. The molecule has 1 aliphatic carbocycles. The van der Waals surface area contributed by atoms with Gasteiger partial charge in [-0.15, -0.1) is 0 Å². The number of fused-ring (bicyclic) bond motifs is 3. The largest absolute Gasteiger partial charge is 0.278 e. The molecule has 0 radical (unpaired) electrons. The van der Waals surface area contributed by atoms with E-state index in [1.807, 2.05) is 73.1 Å². The van der Waals surface area contributed by atoms with Crippen molar-refractivity contribution in [2.45, 2.75) is 0 Å². The third-order valence-electron chi connectivity index (χ3n) is 9.10. The Kier molecular flexibility index (Phi) is 5.48. The molecule has 0 spiro atoms. The van der Waals surface area contributed by atoms with E-state index in [0.717, 1.165) is 27.7 Å². The molecule has 0 bridgehead atoms. The van der Waals surface area contributed by atoms with Gasteiger partial charge in [-0.25, -0.2) is 24.9 Å². The molecule has 47 heavy (non-hydrogen) atoms. The van der Waals surface area contributed by atoms with Crippen LogP contribution in [0.5, 0.6) is 0 Å². The molecule has 6 aromatic carbocycles. The number of aromatic nitrogens is 6. The second-order valence-electron chi connectivity index (χ2n) is 11.8. The van der Waals surface area contributed by atoms with Crippen LogP contribution in [0, 0.1) is 0 Å². The molecule has 218 valence electrons. The molecule has 10 rings (SSSR count). The molecule has 0 amide bonds. The SMILES string of the molecule is c1ccc(-c2nc(-c3ccccc3)nc(-c3cnc(-n4c5cccc6c5c5c7c(cccc7ccc54)-c4ccccc4-6)nc3)n2)cc1. The molecule has 0 saturated heterocycles. The van der Waals surface area contributed by atoms with E-state index in [2.05, 4.69) is 77.4 Å². The van der Waals surface area contributed by atoms with Crippen LogP contribution in [0.15, 0.2) is 146 Å². The predicted octanol–water partition coefficient (Wildman–Crippen LogP) is 9.56. The van der Waals surface area contributed by atoms with Gasteiger partial charge in [0.2, 0.25) is 5.95 Å². The van der Waals surface area contributed by atoms with Crippen molar-refractivity contribution in [2.75, 3.05) is 0 Å². The molecular weight excluding hydrogens is 576 g/mol. The summed E-state index contributed by atoms with van der Waals surface area (Å²) in [7, 11) is 0. The standard InChI is InChI=1S/C41H24N6/c1-3-11-26(12-4-1)38-44-39(27-13-5-2-6-14-27)46-40(45-38)28-23-42-41(43-24-28)47-33-20-10-19-32-30-17-8-7-16-29(30)31-18-9-15-25-21-22-34(47)37(35(25)31)36(32)33/h1-24H. The Hall–Kier alpha value is -6.53. The van der Waals surface area contributed by atoms with Gasteiger partial charge in [0.05, 0.1) is 16.6 Å². The van der Waals surface area contributed by atoms with Crippen molar-refractivity contribution < 1.29 is 0 Å². The minimum Gasteiger partial charge on any atom is -0.278 e. The first kappa shape index (κ1) is 25.8. The first-order valence-electron chi connectivity index (χ1n) is 15.6. The molecule has 9 aromatic rings. The fourth-order valence-electron chi connectivity index (χ4n) is 7.03. The summed E-state index contributed by atoms with van der Waals surface area (Å²) in [5, 5.41) is 4.92. The van der Waals surface area contributed by atoms with Crippen LogP contribution in [0.4, 0.5) is 0 Å². The van der Waals surface area contributed by atoms with Crippen molar-refractivity contribution in [3.8, 4) is 62.4 Å². The van der Waals surface area contributed by atoms with E-state index in [4.69, 9.17) is 24.9 Å². The van der Waals surface area contributed by atoms with Crippen LogP contribution in [0.1, 0.15) is 0 Å². The maximum Gasteiger partial charge on any atom is 0.234 e. The Balaban J connectivity index is 1.18. The summed E-state index contributed by atoms with van der Waals surface area (Å²) in [6.07, 6.45) is 3.63. The van der Waals surface area contributed by atoms with Crippen LogP contribution in [0.25, 0.3) is 94.9 Å². The molecule has 0 N–H and O–H groups in total. The molecule has 0 saturated carbocycles. The van der Waals surface area contributed by atoms with Crippen LogP contribution in [-0.2, 0) is 0 Å². The highest BCUT2D eigenvalue weighted by molar-refractivity contribution is 6.30. The van der Waals surface area contributed by atoms with Gasteiger partial charge in [0.25, 0.3) is 0 Å². The van der Waals surface area contributed by atoms with Crippen LogP contribution >= 0.6 is 0 Å². The van der Waals surface area contributed by atoms with E-state index in [0.29, 0.717) is 23.4 Å². The summed E-state index contributed by atoms with van der Waals surface area (Å²) in [5.74, 6) is 2.32. The fourth-order valence-corrected chi connectivity index (χ4v) is 7.03. The lowest BCUT2D eigenvalue weighted by atomic mass is 9.93. The van der Waals surface area contributed by atoms with E-state index in [1.54, 1.807) is 0 Å². The van der Waals surface area contributed by atoms with Crippen molar-refractivity contribution in [3.05, 3.63) is 146 Å². The quantitative estimate of drug-likeness (QED) is 0.201. The number of benzene rings is 6. The molecule has 6 heteroatoms. The van der Waals surface area contributed by atoms with Crippen LogP contribution < -0.4 is 0 Å². The molecule has 0 unspecified atom stereocenters. The van der Waals surface area contributed by atoms with Gasteiger partial charge in [0, 0.05) is 34.3 Å². The van der Waals surface area contributed by atoms with E-state index in [1.165, 1.54) is 43.8 Å². The molecule has 0 atom stereocenters. The van der Waals surface area contributed by atoms with Crippen molar-refractivity contribution in [2.24, 2.45) is 0 Å². The second-order valence-corrected chi connectivity index (χ2v) is 11.8. The summed E-state index contributed by atoms with van der Waals surface area (Å²) in [6.45, 7) is 0. The summed E-state index contributed by atoms with van der Waals surface area (Å²) in [5.41, 5.74) is 9.65. The molecule has 3 heterocycles. The van der Waals surface area contributed by atoms with Crippen molar-refractivity contribution >= 4 is 32.6 Å². The molecule has 0 aliphatic heterocycles. The highest BCUT2D eigenvalue weighted by Gasteiger charge is 2.25. The van der Waals surface area contributed by atoms with E-state index in [-0.39, 0.29) is 0 Å². The van der Waals surface area contributed by atoms with Gasteiger partial charge in [-0.3, -0.25) is 4.57 Å². The summed E-state index contributed by atoms with van der Waals surface area (Å²) in [6, 6.07) is 46.2. The van der Waals surface area contributed by atoms with Gasteiger partial charge in [-0.2, -0.15) is 0 Å². The van der Waals surface area contributed by atoms with Gasteiger partial charge in [-0.05, 0) is 45.2 Å². The zero-order valence-electron chi connectivity index (χ0n) is 25.0. The van der Waals surface area contributed by atoms with E-state index in [9.17, 15) is 0 Å². The lowest BCUT2D eigenvalue weighted by Gasteiger charge is -2.13.